The molecule has 0 bridgehead atoms. The lowest BCUT2D eigenvalue weighted by Crippen LogP contribution is -2.53. The summed E-state index contributed by atoms with van der Waals surface area (Å²) in [6.07, 6.45) is 1.91. The third kappa shape index (κ3) is 4.28. The van der Waals surface area contributed by atoms with Crippen LogP contribution in [0.25, 0.3) is 0 Å². The second-order valence-electron chi connectivity index (χ2n) is 11.9. The first-order valence-electron chi connectivity index (χ1n) is 12.8. The van der Waals surface area contributed by atoms with Crippen LogP contribution in [0.3, 0.4) is 0 Å². The number of carbonyl (C=O) groups is 2. The molecule has 3 unspecified atom stereocenters. The molecule has 2 aromatic rings. The number of fused-ring (bicyclic) bond motifs is 3. The van der Waals surface area contributed by atoms with Crippen molar-refractivity contribution in [2.45, 2.75) is 82.0 Å². The maximum atomic E-state index is 15.5. The second kappa shape index (κ2) is 9.24. The number of aliphatic hydroxyl groups is 1. The van der Waals surface area contributed by atoms with Crippen molar-refractivity contribution in [3.8, 4) is 0 Å². The standard InChI is InChI=1S/C28H31ClF3N3O3/c1-26(2,3)13-27-17-11-19(30)20(31)12-21(17)34-24(37)22(16-5-4-6-18(29)23(16)32)28(27,35-27)25(38)33-14-7-9-15(36)10-8-14/h4-6,11-12,14-15,22,35-36H,7-10,13H2,1-3H3,(H,33,38)(H,34,37). The van der Waals surface area contributed by atoms with E-state index in [0.29, 0.717) is 25.7 Å². The zero-order chi connectivity index (χ0) is 27.6. The summed E-state index contributed by atoms with van der Waals surface area (Å²) in [6.45, 7) is 5.80. The first kappa shape index (κ1) is 27.0. The van der Waals surface area contributed by atoms with Gasteiger partial charge in [-0.05, 0) is 49.7 Å². The van der Waals surface area contributed by atoms with E-state index in [4.69, 9.17) is 11.6 Å². The van der Waals surface area contributed by atoms with E-state index in [2.05, 4.69) is 16.0 Å². The molecular formula is C28H31ClF3N3O3. The van der Waals surface area contributed by atoms with Crippen molar-refractivity contribution in [1.29, 1.82) is 0 Å². The van der Waals surface area contributed by atoms with Crippen LogP contribution in [-0.4, -0.2) is 34.6 Å². The summed E-state index contributed by atoms with van der Waals surface area (Å²) in [5, 5.41) is 18.6. The van der Waals surface area contributed by atoms with Crippen LogP contribution in [0.4, 0.5) is 18.9 Å². The summed E-state index contributed by atoms with van der Waals surface area (Å²) >= 11 is 6.10. The Balaban J connectivity index is 1.72. The molecular weight excluding hydrogens is 519 g/mol. The highest BCUT2D eigenvalue weighted by molar-refractivity contribution is 6.30. The van der Waals surface area contributed by atoms with Gasteiger partial charge in [-0.25, -0.2) is 13.2 Å². The first-order valence-corrected chi connectivity index (χ1v) is 13.2. The third-order valence-electron chi connectivity index (χ3n) is 7.97. The van der Waals surface area contributed by atoms with Gasteiger partial charge in [0.2, 0.25) is 11.8 Å². The molecule has 2 aliphatic heterocycles. The van der Waals surface area contributed by atoms with Gasteiger partial charge < -0.3 is 15.7 Å². The fourth-order valence-corrected chi connectivity index (χ4v) is 6.58. The average Bonchev–Trinajstić information content (AvgIpc) is 3.49. The van der Waals surface area contributed by atoms with Gasteiger partial charge in [0.05, 0.1) is 22.6 Å². The van der Waals surface area contributed by atoms with E-state index in [0.717, 1.165) is 12.1 Å². The van der Waals surface area contributed by atoms with Gasteiger partial charge in [-0.3, -0.25) is 14.9 Å². The minimum atomic E-state index is -1.72. The van der Waals surface area contributed by atoms with E-state index in [-0.39, 0.29) is 34.3 Å². The second-order valence-corrected chi connectivity index (χ2v) is 12.3. The number of carbonyl (C=O) groups excluding carboxylic acids is 2. The van der Waals surface area contributed by atoms with E-state index in [1.165, 1.54) is 18.2 Å². The van der Waals surface area contributed by atoms with Crippen molar-refractivity contribution in [2.75, 3.05) is 5.32 Å². The van der Waals surface area contributed by atoms with Crippen LogP contribution < -0.4 is 16.0 Å². The van der Waals surface area contributed by atoms with Crippen LogP contribution in [0, 0.1) is 22.9 Å². The monoisotopic (exact) mass is 549 g/mol. The molecule has 0 radical (unpaired) electrons. The molecule has 0 aromatic heterocycles. The molecule has 6 nitrogen and oxygen atoms in total. The summed E-state index contributed by atoms with van der Waals surface area (Å²) in [4.78, 5) is 28.1. The number of amides is 2. The topological polar surface area (TPSA) is 100 Å². The van der Waals surface area contributed by atoms with E-state index >= 15 is 4.39 Å². The van der Waals surface area contributed by atoms with Crippen molar-refractivity contribution in [2.24, 2.45) is 5.41 Å². The van der Waals surface area contributed by atoms with Crippen LogP contribution in [0.1, 0.15) is 69.9 Å². The van der Waals surface area contributed by atoms with Crippen LogP contribution in [0.5, 0.6) is 0 Å². The molecule has 2 heterocycles. The molecule has 38 heavy (non-hydrogen) atoms. The minimum absolute atomic E-state index is 0.0195. The smallest absolute Gasteiger partial charge is 0.244 e. The molecule has 204 valence electrons. The largest absolute Gasteiger partial charge is 0.393 e. The van der Waals surface area contributed by atoms with Gasteiger partial charge in [-0.15, -0.1) is 0 Å². The molecule has 1 saturated carbocycles. The Morgan fingerprint density at radius 2 is 1.79 bits per heavy atom. The van der Waals surface area contributed by atoms with Gasteiger partial charge in [0.15, 0.2) is 11.6 Å². The van der Waals surface area contributed by atoms with Crippen molar-refractivity contribution < 1.29 is 27.9 Å². The lowest BCUT2D eigenvalue weighted by Gasteiger charge is -2.33. The van der Waals surface area contributed by atoms with Gasteiger partial charge >= 0.3 is 0 Å². The van der Waals surface area contributed by atoms with Crippen molar-refractivity contribution in [3.05, 3.63) is 63.9 Å². The molecule has 2 aromatic carbocycles. The van der Waals surface area contributed by atoms with Gasteiger partial charge in [0.25, 0.3) is 0 Å². The van der Waals surface area contributed by atoms with Gasteiger partial charge in [0, 0.05) is 28.9 Å². The number of hydrogen-bond acceptors (Lipinski definition) is 4. The van der Waals surface area contributed by atoms with Crippen LogP contribution in [0.15, 0.2) is 30.3 Å². The highest BCUT2D eigenvalue weighted by atomic mass is 35.5. The lowest BCUT2D eigenvalue weighted by molar-refractivity contribution is -0.129. The molecule has 4 N–H and O–H groups in total. The van der Waals surface area contributed by atoms with Gasteiger partial charge in [-0.2, -0.15) is 0 Å². The molecule has 1 aliphatic carbocycles. The molecule has 1 saturated heterocycles. The van der Waals surface area contributed by atoms with Crippen LogP contribution >= 0.6 is 11.6 Å². The molecule has 2 amide bonds. The van der Waals surface area contributed by atoms with E-state index < -0.39 is 57.8 Å². The Labute approximate surface area is 224 Å². The Hall–Kier alpha value is -2.62. The number of rotatable bonds is 4. The highest BCUT2D eigenvalue weighted by Crippen LogP contribution is 2.63. The fraction of sp³-hybridized carbons (Fsp3) is 0.500. The van der Waals surface area contributed by atoms with E-state index in [1.54, 1.807) is 0 Å². The highest BCUT2D eigenvalue weighted by Gasteiger charge is 2.79. The van der Waals surface area contributed by atoms with Gasteiger partial charge in [0.1, 0.15) is 11.4 Å². The number of benzene rings is 2. The number of aliphatic hydroxyl groups excluding tert-OH is 1. The summed E-state index contributed by atoms with van der Waals surface area (Å²) < 4.78 is 44.6. The van der Waals surface area contributed by atoms with Gasteiger partial charge in [-0.1, -0.05) is 44.5 Å². The number of halogens is 4. The number of nitrogens with one attached hydrogen (secondary N) is 3. The van der Waals surface area contributed by atoms with E-state index in [1.807, 2.05) is 20.8 Å². The Morgan fingerprint density at radius 1 is 1.13 bits per heavy atom. The minimum Gasteiger partial charge on any atom is -0.393 e. The van der Waals surface area contributed by atoms with Crippen molar-refractivity contribution in [1.82, 2.24) is 10.6 Å². The van der Waals surface area contributed by atoms with Crippen molar-refractivity contribution in [3.63, 3.8) is 0 Å². The summed E-state index contributed by atoms with van der Waals surface area (Å²) in [6, 6.07) is 5.87. The average molecular weight is 550 g/mol. The molecule has 0 spiro atoms. The normalized spacial score (nSPS) is 30.5. The lowest BCUT2D eigenvalue weighted by atomic mass is 9.69. The molecule has 3 atom stereocenters. The Kier molecular flexibility index (Phi) is 6.56. The molecule has 10 heteroatoms. The Morgan fingerprint density at radius 3 is 2.45 bits per heavy atom. The molecule has 5 rings (SSSR count). The summed E-state index contributed by atoms with van der Waals surface area (Å²) in [5.74, 6) is -5.81. The van der Waals surface area contributed by atoms with Crippen LogP contribution in [0.2, 0.25) is 5.02 Å². The first-order chi connectivity index (χ1) is 17.8. The van der Waals surface area contributed by atoms with Crippen LogP contribution in [-0.2, 0) is 15.1 Å². The summed E-state index contributed by atoms with van der Waals surface area (Å²) in [5.41, 5.74) is -3.35. The number of hydrogen-bond donors (Lipinski definition) is 4. The van der Waals surface area contributed by atoms with Crippen molar-refractivity contribution >= 4 is 29.1 Å². The quantitative estimate of drug-likeness (QED) is 0.408. The molecule has 2 fully saturated rings. The maximum Gasteiger partial charge on any atom is 0.244 e. The fourth-order valence-electron chi connectivity index (χ4n) is 6.40. The Bertz CT molecular complexity index is 1310. The zero-order valence-corrected chi connectivity index (χ0v) is 22.2. The molecule has 3 aliphatic rings. The zero-order valence-electron chi connectivity index (χ0n) is 21.4. The van der Waals surface area contributed by atoms with E-state index in [9.17, 15) is 23.5 Å². The third-order valence-corrected chi connectivity index (χ3v) is 8.26. The predicted octanol–water partition coefficient (Wildman–Crippen LogP) is 4.89. The summed E-state index contributed by atoms with van der Waals surface area (Å²) in [7, 11) is 0. The predicted molar refractivity (Wildman–Crippen MR) is 137 cm³/mol. The SMILES string of the molecule is CC(C)(C)CC12NC1(C(=O)NC1CCC(O)CC1)C(c1cccc(Cl)c1F)C(=O)Nc1cc(F)c(F)cc12. The number of anilines is 1. The maximum absolute atomic E-state index is 15.5.